The van der Waals surface area contributed by atoms with Crippen LogP contribution in [0.3, 0.4) is 0 Å². The second-order valence-electron chi connectivity index (χ2n) is 4.01. The Labute approximate surface area is 121 Å². The zero-order chi connectivity index (χ0) is 14.9. The minimum Gasteiger partial charge on any atom is -0.451 e. The van der Waals surface area contributed by atoms with E-state index in [1.807, 2.05) is 0 Å². The zero-order valence-corrected chi connectivity index (χ0v) is 11.8. The topological polar surface area (TPSA) is 52.4 Å². The van der Waals surface area contributed by atoms with E-state index in [0.29, 0.717) is 17.7 Å². The van der Waals surface area contributed by atoms with Gasteiger partial charge in [-0.25, -0.2) is 8.78 Å². The number of benzene rings is 2. The first-order chi connectivity index (χ1) is 9.38. The van der Waals surface area contributed by atoms with Gasteiger partial charge < -0.3 is 4.74 Å². The molecule has 0 spiro atoms. The van der Waals surface area contributed by atoms with Crippen molar-refractivity contribution in [2.24, 2.45) is 0 Å². The number of ether oxygens (including phenoxy) is 1. The van der Waals surface area contributed by atoms with Crippen LogP contribution in [-0.2, 0) is 0 Å². The van der Waals surface area contributed by atoms with E-state index < -0.39 is 28.0 Å². The molecule has 0 amide bonds. The second-order valence-corrected chi connectivity index (χ2v) is 4.92. The van der Waals surface area contributed by atoms with Gasteiger partial charge in [0.25, 0.3) is 5.69 Å². The lowest BCUT2D eigenvalue weighted by Gasteiger charge is -2.10. The van der Waals surface area contributed by atoms with Crippen LogP contribution in [0.2, 0.25) is 0 Å². The SMILES string of the molecule is Cc1cc(Br)ccc1Oc1c(F)cc([N+](=O)[O-])cc1F. The lowest BCUT2D eigenvalue weighted by Crippen LogP contribution is -1.97. The van der Waals surface area contributed by atoms with Gasteiger partial charge >= 0.3 is 0 Å². The van der Waals surface area contributed by atoms with Crippen LogP contribution in [0.5, 0.6) is 11.5 Å². The molecular formula is C13H8BrF2NO3. The first-order valence-corrected chi connectivity index (χ1v) is 6.25. The third kappa shape index (κ3) is 2.93. The van der Waals surface area contributed by atoms with Crippen LogP contribution in [0.25, 0.3) is 0 Å². The van der Waals surface area contributed by atoms with Crippen molar-refractivity contribution in [1.82, 2.24) is 0 Å². The van der Waals surface area contributed by atoms with Gasteiger partial charge in [-0.2, -0.15) is 0 Å². The van der Waals surface area contributed by atoms with Gasteiger partial charge in [0.05, 0.1) is 17.1 Å². The molecular weight excluding hydrogens is 336 g/mol. The quantitative estimate of drug-likeness (QED) is 0.597. The molecule has 0 fully saturated rings. The molecule has 0 atom stereocenters. The van der Waals surface area contributed by atoms with Crippen LogP contribution in [0.4, 0.5) is 14.5 Å². The van der Waals surface area contributed by atoms with Crippen LogP contribution in [-0.4, -0.2) is 4.92 Å². The maximum Gasteiger partial charge on any atom is 0.275 e. The molecule has 0 radical (unpaired) electrons. The predicted molar refractivity (Wildman–Crippen MR) is 72.0 cm³/mol. The highest BCUT2D eigenvalue weighted by Gasteiger charge is 2.19. The standard InChI is InChI=1S/C13H8BrF2NO3/c1-7-4-8(14)2-3-12(7)20-13-10(15)5-9(17(18)19)6-11(13)16/h2-6H,1H3. The van der Waals surface area contributed by atoms with Crippen molar-refractivity contribution in [3.8, 4) is 11.5 Å². The Morgan fingerprint density at radius 1 is 1.20 bits per heavy atom. The number of aryl methyl sites for hydroxylation is 1. The summed E-state index contributed by atoms with van der Waals surface area (Å²) in [5.74, 6) is -2.65. The molecule has 7 heteroatoms. The Morgan fingerprint density at radius 2 is 1.80 bits per heavy atom. The smallest absolute Gasteiger partial charge is 0.275 e. The van der Waals surface area contributed by atoms with Crippen molar-refractivity contribution in [1.29, 1.82) is 0 Å². The van der Waals surface area contributed by atoms with Crippen molar-refractivity contribution in [3.63, 3.8) is 0 Å². The highest BCUT2D eigenvalue weighted by atomic mass is 79.9. The van der Waals surface area contributed by atoms with E-state index in [4.69, 9.17) is 4.74 Å². The average molecular weight is 344 g/mol. The molecule has 0 aliphatic rings. The number of nitro benzene ring substituents is 1. The van der Waals surface area contributed by atoms with E-state index in [1.165, 1.54) is 0 Å². The molecule has 0 saturated heterocycles. The van der Waals surface area contributed by atoms with Crippen molar-refractivity contribution in [3.05, 3.63) is 62.1 Å². The number of halogens is 3. The lowest BCUT2D eigenvalue weighted by molar-refractivity contribution is -0.385. The molecule has 104 valence electrons. The van der Waals surface area contributed by atoms with Gasteiger partial charge in [-0.05, 0) is 30.7 Å². The molecule has 0 unspecified atom stereocenters. The maximum absolute atomic E-state index is 13.7. The zero-order valence-electron chi connectivity index (χ0n) is 10.2. The molecule has 0 aromatic heterocycles. The van der Waals surface area contributed by atoms with Crippen molar-refractivity contribution in [2.75, 3.05) is 0 Å². The fourth-order valence-electron chi connectivity index (χ4n) is 1.59. The normalized spacial score (nSPS) is 10.4. The van der Waals surface area contributed by atoms with E-state index in [2.05, 4.69) is 15.9 Å². The lowest BCUT2D eigenvalue weighted by atomic mass is 10.2. The molecule has 0 heterocycles. The number of hydrogen-bond acceptors (Lipinski definition) is 3. The molecule has 0 saturated carbocycles. The summed E-state index contributed by atoms with van der Waals surface area (Å²) in [6, 6.07) is 6.15. The summed E-state index contributed by atoms with van der Waals surface area (Å²) in [5.41, 5.74) is -0.00333. The van der Waals surface area contributed by atoms with E-state index in [1.54, 1.807) is 25.1 Å². The van der Waals surface area contributed by atoms with E-state index in [-0.39, 0.29) is 5.75 Å². The molecule has 2 rings (SSSR count). The van der Waals surface area contributed by atoms with Crippen LogP contribution >= 0.6 is 15.9 Å². The molecule has 20 heavy (non-hydrogen) atoms. The number of hydrogen-bond donors (Lipinski definition) is 0. The highest BCUT2D eigenvalue weighted by Crippen LogP contribution is 2.33. The maximum atomic E-state index is 13.7. The van der Waals surface area contributed by atoms with Crippen molar-refractivity contribution in [2.45, 2.75) is 6.92 Å². The summed E-state index contributed by atoms with van der Waals surface area (Å²) < 4.78 is 33.3. The average Bonchev–Trinajstić information content (AvgIpc) is 2.35. The highest BCUT2D eigenvalue weighted by molar-refractivity contribution is 9.10. The Kier molecular flexibility index (Phi) is 3.99. The van der Waals surface area contributed by atoms with E-state index in [0.717, 1.165) is 4.47 Å². The Bertz CT molecular complexity index is 668. The second kappa shape index (κ2) is 5.54. The molecule has 0 bridgehead atoms. The number of nitro groups is 1. The Balaban J connectivity index is 2.41. The number of non-ortho nitro benzene ring substituents is 1. The Morgan fingerprint density at radius 3 is 2.30 bits per heavy atom. The molecule has 0 N–H and O–H groups in total. The monoisotopic (exact) mass is 343 g/mol. The van der Waals surface area contributed by atoms with Gasteiger partial charge in [-0.3, -0.25) is 10.1 Å². The first kappa shape index (κ1) is 14.4. The summed E-state index contributed by atoms with van der Waals surface area (Å²) in [5, 5.41) is 10.5. The van der Waals surface area contributed by atoms with Gasteiger partial charge in [-0.1, -0.05) is 15.9 Å². The van der Waals surface area contributed by atoms with Crippen molar-refractivity contribution < 1.29 is 18.4 Å². The number of rotatable bonds is 3. The summed E-state index contributed by atoms with van der Waals surface area (Å²) in [7, 11) is 0. The van der Waals surface area contributed by atoms with Crippen LogP contribution in [0.15, 0.2) is 34.8 Å². The van der Waals surface area contributed by atoms with Crippen LogP contribution < -0.4 is 4.74 Å². The van der Waals surface area contributed by atoms with Gasteiger partial charge in [-0.15, -0.1) is 0 Å². The molecule has 0 aliphatic heterocycles. The predicted octanol–water partition coefficient (Wildman–Crippen LogP) is 4.74. The van der Waals surface area contributed by atoms with Gasteiger partial charge in [0.1, 0.15) is 5.75 Å². The minimum absolute atomic E-state index is 0.264. The molecule has 0 aliphatic carbocycles. The number of nitrogens with zero attached hydrogens (tertiary/aromatic N) is 1. The van der Waals surface area contributed by atoms with Gasteiger partial charge in [0.2, 0.25) is 0 Å². The fraction of sp³-hybridized carbons (Fsp3) is 0.0769. The van der Waals surface area contributed by atoms with Crippen LogP contribution in [0.1, 0.15) is 5.56 Å². The van der Waals surface area contributed by atoms with E-state index >= 15 is 0 Å². The van der Waals surface area contributed by atoms with E-state index in [9.17, 15) is 18.9 Å². The van der Waals surface area contributed by atoms with Crippen LogP contribution in [0, 0.1) is 28.7 Å². The summed E-state index contributed by atoms with van der Waals surface area (Å²) in [4.78, 5) is 9.62. The third-order valence-corrected chi connectivity index (χ3v) is 3.04. The minimum atomic E-state index is -1.13. The van der Waals surface area contributed by atoms with Gasteiger partial charge in [0.15, 0.2) is 17.4 Å². The first-order valence-electron chi connectivity index (χ1n) is 5.46. The summed E-state index contributed by atoms with van der Waals surface area (Å²) >= 11 is 3.26. The summed E-state index contributed by atoms with van der Waals surface area (Å²) in [6.07, 6.45) is 0. The summed E-state index contributed by atoms with van der Waals surface area (Å²) in [6.45, 7) is 1.71. The van der Waals surface area contributed by atoms with Crippen molar-refractivity contribution >= 4 is 21.6 Å². The Hall–Kier alpha value is -2.02. The fourth-order valence-corrected chi connectivity index (χ4v) is 2.06. The van der Waals surface area contributed by atoms with Gasteiger partial charge in [0, 0.05) is 4.47 Å². The largest absolute Gasteiger partial charge is 0.451 e. The molecule has 2 aromatic rings. The molecule has 2 aromatic carbocycles. The molecule has 4 nitrogen and oxygen atoms in total. The third-order valence-electron chi connectivity index (χ3n) is 2.54.